The second-order valence-electron chi connectivity index (χ2n) is 4.31. The summed E-state index contributed by atoms with van der Waals surface area (Å²) in [5.41, 5.74) is 1.24. The molecule has 0 aliphatic rings. The van der Waals surface area contributed by atoms with E-state index in [4.69, 9.17) is 0 Å². The predicted molar refractivity (Wildman–Crippen MR) is 77.2 cm³/mol. The lowest BCUT2D eigenvalue weighted by Crippen LogP contribution is -2.17. The Kier molecular flexibility index (Phi) is 4.83. The molecule has 0 aliphatic carbocycles. The van der Waals surface area contributed by atoms with Crippen LogP contribution >= 0.6 is 0 Å². The van der Waals surface area contributed by atoms with Gasteiger partial charge in [-0.3, -0.25) is 4.79 Å². The lowest BCUT2D eigenvalue weighted by Gasteiger charge is -2.09. The number of halogens is 3. The first-order valence-corrected chi connectivity index (χ1v) is 6.32. The average Bonchev–Trinajstić information content (AvgIpc) is 2.47. The fraction of sp³-hybridized carbons (Fsp3) is 0.0625. The van der Waals surface area contributed by atoms with E-state index in [-0.39, 0.29) is 11.7 Å². The second-order valence-corrected chi connectivity index (χ2v) is 4.31. The van der Waals surface area contributed by atoms with E-state index in [1.807, 2.05) is 30.3 Å². The van der Waals surface area contributed by atoms with E-state index in [1.54, 1.807) is 6.08 Å². The first-order chi connectivity index (χ1) is 10.4. The Morgan fingerprint density at radius 3 is 2.23 bits per heavy atom. The molecule has 0 radical (unpaired) electrons. The molecule has 22 heavy (non-hydrogen) atoms. The summed E-state index contributed by atoms with van der Waals surface area (Å²) in [4.78, 5) is 11.7. The van der Waals surface area contributed by atoms with Gasteiger partial charge in [0, 0.05) is 11.8 Å². The van der Waals surface area contributed by atoms with E-state index in [0.29, 0.717) is 5.69 Å². The van der Waals surface area contributed by atoms with Gasteiger partial charge in [0.15, 0.2) is 0 Å². The summed E-state index contributed by atoms with van der Waals surface area (Å²) in [6.07, 6.45) is -1.75. The van der Waals surface area contributed by atoms with Crippen LogP contribution in [0.3, 0.4) is 0 Å². The van der Waals surface area contributed by atoms with E-state index in [1.165, 1.54) is 18.2 Å². The maximum absolute atomic E-state index is 12.0. The van der Waals surface area contributed by atoms with Gasteiger partial charge in [0.1, 0.15) is 5.75 Å². The minimum Gasteiger partial charge on any atom is -0.406 e. The Morgan fingerprint density at radius 1 is 1.00 bits per heavy atom. The zero-order valence-electron chi connectivity index (χ0n) is 11.3. The topological polar surface area (TPSA) is 38.3 Å². The third kappa shape index (κ3) is 5.32. The number of ether oxygens (including phenoxy) is 1. The number of amides is 1. The monoisotopic (exact) mass is 307 g/mol. The van der Waals surface area contributed by atoms with E-state index in [9.17, 15) is 18.0 Å². The molecule has 3 nitrogen and oxygen atoms in total. The Balaban J connectivity index is 1.93. The lowest BCUT2D eigenvalue weighted by molar-refractivity contribution is -0.274. The van der Waals surface area contributed by atoms with Crippen molar-refractivity contribution in [3.05, 3.63) is 66.2 Å². The van der Waals surface area contributed by atoms with Crippen LogP contribution in [0.1, 0.15) is 5.56 Å². The molecule has 2 aromatic rings. The van der Waals surface area contributed by atoms with Gasteiger partial charge >= 0.3 is 6.36 Å². The maximum atomic E-state index is 12.0. The molecule has 0 heterocycles. The van der Waals surface area contributed by atoms with Crippen molar-refractivity contribution in [2.75, 3.05) is 5.32 Å². The average molecular weight is 307 g/mol. The molecule has 2 aromatic carbocycles. The van der Waals surface area contributed by atoms with Gasteiger partial charge in [0.05, 0.1) is 0 Å². The van der Waals surface area contributed by atoms with E-state index >= 15 is 0 Å². The SMILES string of the molecule is O=C(C=Cc1ccccc1)Nc1ccc(OC(F)(F)F)cc1. The quantitative estimate of drug-likeness (QED) is 0.858. The van der Waals surface area contributed by atoms with Crippen LogP contribution in [0.5, 0.6) is 5.75 Å². The van der Waals surface area contributed by atoms with Crippen molar-refractivity contribution in [2.45, 2.75) is 6.36 Å². The fourth-order valence-corrected chi connectivity index (χ4v) is 1.66. The number of benzene rings is 2. The van der Waals surface area contributed by atoms with Gasteiger partial charge in [-0.05, 0) is 35.9 Å². The molecule has 114 valence electrons. The van der Waals surface area contributed by atoms with Crippen LogP contribution in [-0.4, -0.2) is 12.3 Å². The van der Waals surface area contributed by atoms with Gasteiger partial charge in [-0.1, -0.05) is 30.3 Å². The molecule has 0 aliphatic heterocycles. The highest BCUT2D eigenvalue weighted by Crippen LogP contribution is 2.23. The van der Waals surface area contributed by atoms with Crippen LogP contribution in [0.25, 0.3) is 6.08 Å². The van der Waals surface area contributed by atoms with Crippen LogP contribution in [0.4, 0.5) is 18.9 Å². The smallest absolute Gasteiger partial charge is 0.406 e. The van der Waals surface area contributed by atoms with Crippen LogP contribution in [0.2, 0.25) is 0 Å². The molecule has 0 aromatic heterocycles. The van der Waals surface area contributed by atoms with Crippen molar-refractivity contribution in [1.82, 2.24) is 0 Å². The highest BCUT2D eigenvalue weighted by atomic mass is 19.4. The minimum atomic E-state index is -4.73. The molecule has 2 rings (SSSR count). The molecule has 0 saturated heterocycles. The summed E-state index contributed by atoms with van der Waals surface area (Å²) in [7, 11) is 0. The summed E-state index contributed by atoms with van der Waals surface area (Å²) < 4.78 is 39.8. The van der Waals surface area contributed by atoms with Gasteiger partial charge in [0.2, 0.25) is 5.91 Å². The molecular weight excluding hydrogens is 295 g/mol. The summed E-state index contributed by atoms with van der Waals surface area (Å²) >= 11 is 0. The highest BCUT2D eigenvalue weighted by molar-refractivity contribution is 6.01. The second kappa shape index (κ2) is 6.80. The molecule has 0 unspecified atom stereocenters. The number of carbonyl (C=O) groups excluding carboxylic acids is 1. The first-order valence-electron chi connectivity index (χ1n) is 6.32. The van der Waals surface area contributed by atoms with Gasteiger partial charge in [0.25, 0.3) is 0 Å². The summed E-state index contributed by atoms with van der Waals surface area (Å²) in [6, 6.07) is 14.1. The van der Waals surface area contributed by atoms with Gasteiger partial charge in [-0.2, -0.15) is 0 Å². The van der Waals surface area contributed by atoms with Gasteiger partial charge in [-0.25, -0.2) is 0 Å². The predicted octanol–water partition coefficient (Wildman–Crippen LogP) is 4.24. The molecule has 0 atom stereocenters. The molecule has 0 spiro atoms. The number of nitrogens with one attached hydrogen (secondary N) is 1. The Morgan fingerprint density at radius 2 is 1.64 bits per heavy atom. The number of alkyl halides is 3. The van der Waals surface area contributed by atoms with Crippen molar-refractivity contribution >= 4 is 17.7 Å². The van der Waals surface area contributed by atoms with E-state index in [2.05, 4.69) is 10.1 Å². The van der Waals surface area contributed by atoms with E-state index < -0.39 is 6.36 Å². The number of anilines is 1. The van der Waals surface area contributed by atoms with E-state index in [0.717, 1.165) is 17.7 Å². The molecule has 0 bridgehead atoms. The summed E-state index contributed by atoms with van der Waals surface area (Å²) in [5.74, 6) is -0.723. The maximum Gasteiger partial charge on any atom is 0.573 e. The zero-order chi connectivity index (χ0) is 16.0. The molecule has 1 N–H and O–H groups in total. The standard InChI is InChI=1S/C16H12F3NO2/c17-16(18,19)22-14-9-7-13(8-10-14)20-15(21)11-6-12-4-2-1-3-5-12/h1-11H,(H,20,21). The number of hydrogen-bond donors (Lipinski definition) is 1. The van der Waals surface area contributed by atoms with Crippen molar-refractivity contribution in [2.24, 2.45) is 0 Å². The summed E-state index contributed by atoms with van der Waals surface area (Å²) in [5, 5.41) is 2.54. The van der Waals surface area contributed by atoms with Crippen LogP contribution in [0, 0.1) is 0 Å². The molecule has 0 fully saturated rings. The van der Waals surface area contributed by atoms with Gasteiger partial charge in [-0.15, -0.1) is 13.2 Å². The minimum absolute atomic E-state index is 0.342. The molecule has 1 amide bonds. The number of carbonyl (C=O) groups is 1. The van der Waals surface area contributed by atoms with Crippen molar-refractivity contribution in [3.8, 4) is 5.75 Å². The normalized spacial score (nSPS) is 11.4. The third-order valence-corrected chi connectivity index (χ3v) is 2.58. The Hall–Kier alpha value is -2.76. The number of hydrogen-bond acceptors (Lipinski definition) is 2. The van der Waals surface area contributed by atoms with Crippen LogP contribution in [-0.2, 0) is 4.79 Å². The largest absolute Gasteiger partial charge is 0.573 e. The van der Waals surface area contributed by atoms with Crippen molar-refractivity contribution in [1.29, 1.82) is 0 Å². The lowest BCUT2D eigenvalue weighted by atomic mass is 10.2. The third-order valence-electron chi connectivity index (χ3n) is 2.58. The Bertz CT molecular complexity index is 649. The zero-order valence-corrected chi connectivity index (χ0v) is 11.3. The van der Waals surface area contributed by atoms with Crippen molar-refractivity contribution in [3.63, 3.8) is 0 Å². The van der Waals surface area contributed by atoms with Crippen molar-refractivity contribution < 1.29 is 22.7 Å². The highest BCUT2D eigenvalue weighted by Gasteiger charge is 2.30. The first kappa shape index (κ1) is 15.6. The van der Waals surface area contributed by atoms with Gasteiger partial charge < -0.3 is 10.1 Å². The summed E-state index contributed by atoms with van der Waals surface area (Å²) in [6.45, 7) is 0. The fourth-order valence-electron chi connectivity index (χ4n) is 1.66. The Labute approximate surface area is 125 Å². The van der Waals surface area contributed by atoms with Crippen LogP contribution < -0.4 is 10.1 Å². The molecule has 0 saturated carbocycles. The number of rotatable bonds is 4. The molecule has 6 heteroatoms. The van der Waals surface area contributed by atoms with Crippen LogP contribution in [0.15, 0.2) is 60.7 Å². The molecular formula is C16H12F3NO2.